The number of nitrogens with one attached hydrogen (secondary N) is 1. The smallest absolute Gasteiger partial charge is 0.262 e. The predicted molar refractivity (Wildman–Crippen MR) is 76.4 cm³/mol. The predicted octanol–water partition coefficient (Wildman–Crippen LogP) is 3.08. The van der Waals surface area contributed by atoms with Gasteiger partial charge in [-0.05, 0) is 36.4 Å². The van der Waals surface area contributed by atoms with Gasteiger partial charge in [0.25, 0.3) is 5.91 Å². The molecular formula is C14H12ClFN2O2. The molecule has 1 amide bonds. The average Bonchev–Trinajstić information content (AvgIpc) is 2.37. The van der Waals surface area contributed by atoms with Crippen LogP contribution in [0.5, 0.6) is 5.75 Å². The van der Waals surface area contributed by atoms with Crippen LogP contribution >= 0.6 is 11.6 Å². The topological polar surface area (TPSA) is 64.3 Å². The summed E-state index contributed by atoms with van der Waals surface area (Å²) in [6, 6.07) is 10.3. The van der Waals surface area contributed by atoms with Gasteiger partial charge in [-0.25, -0.2) is 4.39 Å². The number of amides is 1. The molecule has 0 spiro atoms. The van der Waals surface area contributed by atoms with E-state index in [-0.39, 0.29) is 6.61 Å². The van der Waals surface area contributed by atoms with E-state index >= 15 is 0 Å². The molecule has 6 heteroatoms. The molecule has 0 saturated carbocycles. The SMILES string of the molecule is Nc1ccc(OCC(=O)Nc2cccc(F)c2)c(Cl)c1. The van der Waals surface area contributed by atoms with Gasteiger partial charge in [0.1, 0.15) is 11.6 Å². The molecule has 0 aliphatic heterocycles. The lowest BCUT2D eigenvalue weighted by Crippen LogP contribution is -2.20. The standard InChI is InChI=1S/C14H12ClFN2O2/c15-12-7-10(17)4-5-13(12)20-8-14(19)18-11-3-1-2-9(16)6-11/h1-7H,8,17H2,(H,18,19). The summed E-state index contributed by atoms with van der Waals surface area (Å²) >= 11 is 5.91. The minimum absolute atomic E-state index is 0.236. The third kappa shape index (κ3) is 3.86. The first kappa shape index (κ1) is 14.1. The number of hydrogen-bond donors (Lipinski definition) is 2. The van der Waals surface area contributed by atoms with E-state index in [9.17, 15) is 9.18 Å². The lowest BCUT2D eigenvalue weighted by atomic mass is 10.3. The summed E-state index contributed by atoms with van der Waals surface area (Å²) in [5.74, 6) is -0.482. The van der Waals surface area contributed by atoms with E-state index in [4.69, 9.17) is 22.1 Å². The van der Waals surface area contributed by atoms with Crippen LogP contribution in [0.4, 0.5) is 15.8 Å². The molecule has 2 rings (SSSR count). The Morgan fingerprint density at radius 3 is 2.80 bits per heavy atom. The van der Waals surface area contributed by atoms with Gasteiger partial charge < -0.3 is 15.8 Å². The average molecular weight is 295 g/mol. The first-order valence-electron chi connectivity index (χ1n) is 5.78. The highest BCUT2D eigenvalue weighted by molar-refractivity contribution is 6.32. The zero-order chi connectivity index (χ0) is 14.5. The number of ether oxygens (including phenoxy) is 1. The Morgan fingerprint density at radius 1 is 1.30 bits per heavy atom. The molecule has 3 N–H and O–H groups in total. The number of nitrogen functional groups attached to an aromatic ring is 1. The largest absolute Gasteiger partial charge is 0.482 e. The van der Waals surface area contributed by atoms with Crippen LogP contribution in [0.25, 0.3) is 0 Å². The molecule has 0 heterocycles. The summed E-state index contributed by atoms with van der Waals surface area (Å²) in [6.07, 6.45) is 0. The molecule has 0 aromatic heterocycles. The van der Waals surface area contributed by atoms with Crippen LogP contribution in [-0.4, -0.2) is 12.5 Å². The zero-order valence-electron chi connectivity index (χ0n) is 10.4. The molecule has 4 nitrogen and oxygen atoms in total. The van der Waals surface area contributed by atoms with E-state index in [1.807, 2.05) is 0 Å². The van der Waals surface area contributed by atoms with Crippen molar-refractivity contribution >= 4 is 28.9 Å². The molecule has 0 radical (unpaired) electrons. The molecule has 0 aliphatic rings. The zero-order valence-corrected chi connectivity index (χ0v) is 11.2. The fourth-order valence-corrected chi connectivity index (χ4v) is 1.78. The number of nitrogens with two attached hydrogens (primary N) is 1. The molecule has 0 unspecified atom stereocenters. The van der Waals surface area contributed by atoms with E-state index in [1.54, 1.807) is 18.2 Å². The minimum Gasteiger partial charge on any atom is -0.482 e. The monoisotopic (exact) mass is 294 g/mol. The Labute approximate surface area is 120 Å². The second kappa shape index (κ2) is 6.25. The second-order valence-electron chi connectivity index (χ2n) is 4.04. The maximum absolute atomic E-state index is 12.9. The van der Waals surface area contributed by atoms with Gasteiger partial charge in [0, 0.05) is 11.4 Å². The lowest BCUT2D eigenvalue weighted by molar-refractivity contribution is -0.118. The molecule has 0 saturated heterocycles. The fraction of sp³-hybridized carbons (Fsp3) is 0.0714. The van der Waals surface area contributed by atoms with E-state index < -0.39 is 11.7 Å². The number of benzene rings is 2. The maximum Gasteiger partial charge on any atom is 0.262 e. The van der Waals surface area contributed by atoms with Crippen molar-refractivity contribution in [2.75, 3.05) is 17.7 Å². The van der Waals surface area contributed by atoms with Crippen LogP contribution in [0.2, 0.25) is 5.02 Å². The van der Waals surface area contributed by atoms with Gasteiger partial charge >= 0.3 is 0 Å². The Kier molecular flexibility index (Phi) is 4.42. The van der Waals surface area contributed by atoms with Crippen molar-refractivity contribution in [3.8, 4) is 5.75 Å². The van der Waals surface area contributed by atoms with Crippen molar-refractivity contribution in [3.63, 3.8) is 0 Å². The highest BCUT2D eigenvalue weighted by Gasteiger charge is 2.07. The molecule has 0 atom stereocenters. The molecular weight excluding hydrogens is 283 g/mol. The minimum atomic E-state index is -0.426. The van der Waals surface area contributed by atoms with Gasteiger partial charge in [-0.1, -0.05) is 17.7 Å². The number of hydrogen-bond acceptors (Lipinski definition) is 3. The molecule has 0 aliphatic carbocycles. The summed E-state index contributed by atoms with van der Waals surface area (Å²) in [6.45, 7) is -0.236. The van der Waals surface area contributed by atoms with Gasteiger partial charge in [-0.15, -0.1) is 0 Å². The summed E-state index contributed by atoms with van der Waals surface area (Å²) in [4.78, 5) is 11.6. The van der Waals surface area contributed by atoms with Gasteiger partial charge in [-0.2, -0.15) is 0 Å². The number of carbonyl (C=O) groups excluding carboxylic acids is 1. The molecule has 20 heavy (non-hydrogen) atoms. The fourth-order valence-electron chi connectivity index (χ4n) is 1.54. The van der Waals surface area contributed by atoms with Gasteiger partial charge in [0.2, 0.25) is 0 Å². The van der Waals surface area contributed by atoms with Crippen LogP contribution in [0, 0.1) is 5.82 Å². The maximum atomic E-state index is 12.9. The van der Waals surface area contributed by atoms with E-state index in [0.29, 0.717) is 22.1 Å². The van der Waals surface area contributed by atoms with Gasteiger partial charge in [-0.3, -0.25) is 4.79 Å². The Balaban J connectivity index is 1.92. The summed E-state index contributed by atoms with van der Waals surface area (Å²) in [5, 5.41) is 2.83. The van der Waals surface area contributed by atoms with Crippen molar-refractivity contribution in [2.45, 2.75) is 0 Å². The third-order valence-electron chi connectivity index (χ3n) is 2.42. The van der Waals surface area contributed by atoms with Crippen molar-refractivity contribution in [2.24, 2.45) is 0 Å². The summed E-state index contributed by atoms with van der Waals surface area (Å²) < 4.78 is 18.2. The molecule has 2 aromatic rings. The number of anilines is 2. The van der Waals surface area contributed by atoms with Crippen LogP contribution < -0.4 is 15.8 Å². The van der Waals surface area contributed by atoms with E-state index in [1.165, 1.54) is 24.3 Å². The quantitative estimate of drug-likeness (QED) is 0.852. The molecule has 0 fully saturated rings. The Hall–Kier alpha value is -2.27. The Morgan fingerprint density at radius 2 is 2.10 bits per heavy atom. The number of carbonyl (C=O) groups is 1. The Bertz CT molecular complexity index is 634. The normalized spacial score (nSPS) is 10.1. The highest BCUT2D eigenvalue weighted by Crippen LogP contribution is 2.26. The van der Waals surface area contributed by atoms with Crippen LogP contribution in [-0.2, 0) is 4.79 Å². The first-order chi connectivity index (χ1) is 9.54. The van der Waals surface area contributed by atoms with Gasteiger partial charge in [0.05, 0.1) is 5.02 Å². The summed E-state index contributed by atoms with van der Waals surface area (Å²) in [7, 11) is 0. The number of rotatable bonds is 4. The van der Waals surface area contributed by atoms with Crippen molar-refractivity contribution < 1.29 is 13.9 Å². The first-order valence-corrected chi connectivity index (χ1v) is 6.15. The number of halogens is 2. The third-order valence-corrected chi connectivity index (χ3v) is 2.72. The molecule has 104 valence electrons. The molecule has 2 aromatic carbocycles. The molecule has 0 bridgehead atoms. The van der Waals surface area contributed by atoms with Crippen LogP contribution in [0.15, 0.2) is 42.5 Å². The van der Waals surface area contributed by atoms with E-state index in [0.717, 1.165) is 0 Å². The van der Waals surface area contributed by atoms with Crippen molar-refractivity contribution in [1.82, 2.24) is 0 Å². The summed E-state index contributed by atoms with van der Waals surface area (Å²) in [5.41, 5.74) is 6.41. The lowest BCUT2D eigenvalue weighted by Gasteiger charge is -2.09. The second-order valence-corrected chi connectivity index (χ2v) is 4.44. The van der Waals surface area contributed by atoms with Crippen LogP contribution in [0.3, 0.4) is 0 Å². The van der Waals surface area contributed by atoms with Crippen molar-refractivity contribution in [1.29, 1.82) is 0 Å². The van der Waals surface area contributed by atoms with Crippen molar-refractivity contribution in [3.05, 3.63) is 53.3 Å². The van der Waals surface area contributed by atoms with E-state index in [2.05, 4.69) is 5.32 Å². The highest BCUT2D eigenvalue weighted by atomic mass is 35.5. The van der Waals surface area contributed by atoms with Crippen LogP contribution in [0.1, 0.15) is 0 Å². The van der Waals surface area contributed by atoms with Gasteiger partial charge in [0.15, 0.2) is 6.61 Å².